The molecule has 2 heterocycles. The molecule has 2 atom stereocenters. The molecule has 3 rings (SSSR count). The van der Waals surface area contributed by atoms with Crippen LogP contribution in [0, 0.1) is 18.8 Å². The summed E-state index contributed by atoms with van der Waals surface area (Å²) in [6.07, 6.45) is 1.41. The lowest BCUT2D eigenvalue weighted by Crippen LogP contribution is -2.45. The summed E-state index contributed by atoms with van der Waals surface area (Å²) in [5, 5.41) is 9.21. The normalized spacial score (nSPS) is 23.2. The minimum Gasteiger partial charge on any atom is -0.495 e. The molecule has 0 radical (unpaired) electrons. The summed E-state index contributed by atoms with van der Waals surface area (Å²) >= 11 is 0. The van der Waals surface area contributed by atoms with Crippen LogP contribution < -0.4 is 9.64 Å². The maximum Gasteiger partial charge on any atom is 0.308 e. The predicted molar refractivity (Wildman–Crippen MR) is 95.1 cm³/mol. The topological polar surface area (TPSA) is 87.2 Å². The van der Waals surface area contributed by atoms with Crippen molar-refractivity contribution in [3.8, 4) is 5.75 Å². The van der Waals surface area contributed by atoms with Gasteiger partial charge in [-0.3, -0.25) is 14.4 Å². The fourth-order valence-electron chi connectivity index (χ4n) is 3.75. The number of carbonyl (C=O) groups excluding carboxylic acids is 2. The summed E-state index contributed by atoms with van der Waals surface area (Å²) in [6, 6.07) is 5.60. The number of hydrogen-bond donors (Lipinski definition) is 1. The Morgan fingerprint density at radius 3 is 2.69 bits per heavy atom. The third-order valence-electron chi connectivity index (χ3n) is 5.18. The number of hydrogen-bond acceptors (Lipinski definition) is 4. The summed E-state index contributed by atoms with van der Waals surface area (Å²) < 4.78 is 5.36. The summed E-state index contributed by atoms with van der Waals surface area (Å²) in [6.45, 7) is 3.02. The molecular formula is C19H24N2O5. The molecule has 0 aliphatic carbocycles. The number of carbonyl (C=O) groups is 3. The SMILES string of the molecule is COc1ccc(C)cc1N1C[C@@H](C(=O)N2CCC[C@H](C(=O)O)C2)CC1=O. The minimum atomic E-state index is -0.865. The monoisotopic (exact) mass is 360 g/mol. The first-order valence-electron chi connectivity index (χ1n) is 8.87. The van der Waals surface area contributed by atoms with Crippen molar-refractivity contribution >= 4 is 23.5 Å². The van der Waals surface area contributed by atoms with Crippen molar-refractivity contribution in [2.75, 3.05) is 31.6 Å². The molecule has 2 amide bonds. The molecule has 26 heavy (non-hydrogen) atoms. The molecule has 7 nitrogen and oxygen atoms in total. The van der Waals surface area contributed by atoms with Crippen LogP contribution in [0.2, 0.25) is 0 Å². The Labute approximate surface area is 152 Å². The highest BCUT2D eigenvalue weighted by Crippen LogP contribution is 2.34. The number of benzene rings is 1. The largest absolute Gasteiger partial charge is 0.495 e. The second-order valence-corrected chi connectivity index (χ2v) is 7.04. The predicted octanol–water partition coefficient (Wildman–Crippen LogP) is 1.68. The lowest BCUT2D eigenvalue weighted by molar-refractivity contribution is -0.146. The van der Waals surface area contributed by atoms with Gasteiger partial charge in [-0.1, -0.05) is 6.07 Å². The van der Waals surface area contributed by atoms with E-state index in [0.29, 0.717) is 37.4 Å². The van der Waals surface area contributed by atoms with Crippen molar-refractivity contribution in [1.82, 2.24) is 4.90 Å². The maximum absolute atomic E-state index is 12.8. The van der Waals surface area contributed by atoms with Crippen molar-refractivity contribution < 1.29 is 24.2 Å². The number of amides is 2. The van der Waals surface area contributed by atoms with Gasteiger partial charge in [-0.15, -0.1) is 0 Å². The fraction of sp³-hybridized carbons (Fsp3) is 0.526. The smallest absolute Gasteiger partial charge is 0.308 e. The number of piperidine rings is 1. The van der Waals surface area contributed by atoms with E-state index in [9.17, 15) is 19.5 Å². The zero-order chi connectivity index (χ0) is 18.8. The van der Waals surface area contributed by atoms with Gasteiger partial charge in [0.25, 0.3) is 0 Å². The van der Waals surface area contributed by atoms with Crippen LogP contribution in [0.4, 0.5) is 5.69 Å². The number of aliphatic carboxylic acids is 1. The van der Waals surface area contributed by atoms with E-state index in [2.05, 4.69) is 0 Å². The molecule has 0 saturated carbocycles. The summed E-state index contributed by atoms with van der Waals surface area (Å²) in [7, 11) is 1.55. The van der Waals surface area contributed by atoms with Crippen LogP contribution in [0.1, 0.15) is 24.8 Å². The van der Waals surface area contributed by atoms with E-state index in [1.165, 1.54) is 0 Å². The zero-order valence-electron chi connectivity index (χ0n) is 15.1. The molecule has 1 aromatic carbocycles. The number of likely N-dealkylation sites (tertiary alicyclic amines) is 1. The van der Waals surface area contributed by atoms with Gasteiger partial charge in [0.05, 0.1) is 24.6 Å². The molecular weight excluding hydrogens is 336 g/mol. The van der Waals surface area contributed by atoms with Crippen LogP contribution in [0.3, 0.4) is 0 Å². The number of ether oxygens (including phenoxy) is 1. The van der Waals surface area contributed by atoms with Crippen LogP contribution >= 0.6 is 0 Å². The highest BCUT2D eigenvalue weighted by Gasteiger charge is 2.39. The van der Waals surface area contributed by atoms with Crippen molar-refractivity contribution in [3.63, 3.8) is 0 Å². The molecule has 2 saturated heterocycles. The maximum atomic E-state index is 12.8. The van der Waals surface area contributed by atoms with E-state index >= 15 is 0 Å². The van der Waals surface area contributed by atoms with Crippen molar-refractivity contribution in [2.45, 2.75) is 26.2 Å². The van der Waals surface area contributed by atoms with Gasteiger partial charge in [0.1, 0.15) is 5.75 Å². The number of methoxy groups -OCH3 is 1. The highest BCUT2D eigenvalue weighted by molar-refractivity contribution is 6.01. The second-order valence-electron chi connectivity index (χ2n) is 7.04. The molecule has 2 aliphatic rings. The molecule has 7 heteroatoms. The molecule has 0 bridgehead atoms. The molecule has 0 aromatic heterocycles. The average molecular weight is 360 g/mol. The second kappa shape index (κ2) is 7.35. The van der Waals surface area contributed by atoms with Gasteiger partial charge in [0.2, 0.25) is 11.8 Å². The third-order valence-corrected chi connectivity index (χ3v) is 5.18. The summed E-state index contributed by atoms with van der Waals surface area (Å²) in [5.41, 5.74) is 1.68. The molecule has 2 aliphatic heterocycles. The zero-order valence-corrected chi connectivity index (χ0v) is 15.1. The van der Waals surface area contributed by atoms with Gasteiger partial charge >= 0.3 is 5.97 Å². The molecule has 0 spiro atoms. The lowest BCUT2D eigenvalue weighted by Gasteiger charge is -2.32. The molecule has 140 valence electrons. The van der Waals surface area contributed by atoms with Crippen LogP contribution in [-0.4, -0.2) is 54.5 Å². The van der Waals surface area contributed by atoms with E-state index in [1.54, 1.807) is 16.9 Å². The van der Waals surface area contributed by atoms with E-state index in [1.807, 2.05) is 25.1 Å². The average Bonchev–Trinajstić information content (AvgIpc) is 3.02. The Morgan fingerprint density at radius 2 is 2.00 bits per heavy atom. The van der Waals surface area contributed by atoms with Crippen molar-refractivity contribution in [3.05, 3.63) is 23.8 Å². The van der Waals surface area contributed by atoms with Crippen LogP contribution in [0.5, 0.6) is 5.75 Å². The Bertz CT molecular complexity index is 733. The first-order valence-corrected chi connectivity index (χ1v) is 8.87. The van der Waals surface area contributed by atoms with Crippen molar-refractivity contribution in [1.29, 1.82) is 0 Å². The van der Waals surface area contributed by atoms with E-state index < -0.39 is 17.8 Å². The molecule has 0 unspecified atom stereocenters. The van der Waals surface area contributed by atoms with E-state index in [0.717, 1.165) is 5.56 Å². The van der Waals surface area contributed by atoms with Gasteiger partial charge in [-0.05, 0) is 37.5 Å². The molecule has 1 aromatic rings. The number of aryl methyl sites for hydroxylation is 1. The number of anilines is 1. The van der Waals surface area contributed by atoms with E-state index in [-0.39, 0.29) is 24.8 Å². The number of carboxylic acid groups (broad SMARTS) is 1. The van der Waals surface area contributed by atoms with Gasteiger partial charge in [0.15, 0.2) is 0 Å². The van der Waals surface area contributed by atoms with Crippen LogP contribution in [-0.2, 0) is 14.4 Å². The number of carboxylic acids is 1. The first-order chi connectivity index (χ1) is 12.4. The summed E-state index contributed by atoms with van der Waals surface area (Å²) in [4.78, 5) is 39.8. The van der Waals surface area contributed by atoms with Crippen LogP contribution in [0.25, 0.3) is 0 Å². The number of rotatable bonds is 4. The van der Waals surface area contributed by atoms with E-state index in [4.69, 9.17) is 4.74 Å². The standard InChI is InChI=1S/C19H24N2O5/c1-12-5-6-16(26-2)15(8-12)21-11-14(9-17(21)22)18(23)20-7-3-4-13(10-20)19(24)25/h5-6,8,13-14H,3-4,7,9-11H2,1-2H3,(H,24,25)/t13-,14-/m0/s1. The first kappa shape index (κ1) is 18.2. The van der Waals surface area contributed by atoms with Gasteiger partial charge in [0, 0.05) is 26.1 Å². The number of nitrogens with zero attached hydrogens (tertiary/aromatic N) is 2. The summed E-state index contributed by atoms with van der Waals surface area (Å²) in [5.74, 6) is -1.47. The van der Waals surface area contributed by atoms with Crippen molar-refractivity contribution in [2.24, 2.45) is 11.8 Å². The van der Waals surface area contributed by atoms with Gasteiger partial charge in [-0.25, -0.2) is 0 Å². The quantitative estimate of drug-likeness (QED) is 0.883. The van der Waals surface area contributed by atoms with Crippen LogP contribution in [0.15, 0.2) is 18.2 Å². The fourth-order valence-corrected chi connectivity index (χ4v) is 3.75. The Morgan fingerprint density at radius 1 is 1.23 bits per heavy atom. The van der Waals surface area contributed by atoms with Gasteiger partial charge in [-0.2, -0.15) is 0 Å². The minimum absolute atomic E-state index is 0.112. The molecule has 2 fully saturated rings. The molecule has 1 N–H and O–H groups in total. The Kier molecular flexibility index (Phi) is 5.15. The highest BCUT2D eigenvalue weighted by atomic mass is 16.5. The Hall–Kier alpha value is -2.57. The lowest BCUT2D eigenvalue weighted by atomic mass is 9.96. The Balaban J connectivity index is 1.74. The van der Waals surface area contributed by atoms with Gasteiger partial charge < -0.3 is 19.6 Å². The third kappa shape index (κ3) is 3.52.